The van der Waals surface area contributed by atoms with E-state index in [0.29, 0.717) is 5.69 Å². The minimum absolute atomic E-state index is 0.148. The summed E-state index contributed by atoms with van der Waals surface area (Å²) < 4.78 is 0. The van der Waals surface area contributed by atoms with E-state index in [0.717, 1.165) is 22.0 Å². The molecule has 3 aromatic rings. The number of nitrogens with one attached hydrogen (secondary N) is 2. The number of hydrogen-bond donors (Lipinski definition) is 2. The van der Waals surface area contributed by atoms with Gasteiger partial charge in [0.05, 0.1) is 29.9 Å². The molecule has 0 saturated carbocycles. The van der Waals surface area contributed by atoms with Crippen LogP contribution in [0.5, 0.6) is 0 Å². The lowest BCUT2D eigenvalue weighted by Crippen LogP contribution is -2.29. The topological polar surface area (TPSA) is 71.1 Å². The molecule has 5 nitrogen and oxygen atoms in total. The van der Waals surface area contributed by atoms with Crippen LogP contribution < -0.4 is 10.6 Å². The van der Waals surface area contributed by atoms with Gasteiger partial charge in [-0.2, -0.15) is 0 Å². The lowest BCUT2D eigenvalue weighted by Gasteiger charge is -2.18. The molecule has 1 aromatic heterocycles. The van der Waals surface area contributed by atoms with Gasteiger partial charge in [-0.25, -0.2) is 0 Å². The average Bonchev–Trinajstić information content (AvgIpc) is 2.61. The van der Waals surface area contributed by atoms with Crippen molar-refractivity contribution < 1.29 is 9.59 Å². The number of rotatable bonds is 5. The third-order valence-electron chi connectivity index (χ3n) is 4.12. The summed E-state index contributed by atoms with van der Waals surface area (Å²) >= 11 is 0. The van der Waals surface area contributed by atoms with Crippen LogP contribution in [0.15, 0.2) is 60.8 Å². The second kappa shape index (κ2) is 7.78. The predicted octanol–water partition coefficient (Wildman–Crippen LogP) is 3.75. The molecule has 3 rings (SSSR count). The van der Waals surface area contributed by atoms with Crippen molar-refractivity contribution in [3.63, 3.8) is 0 Å². The molecule has 0 saturated heterocycles. The highest BCUT2D eigenvalue weighted by atomic mass is 16.2. The number of anilines is 1. The fraction of sp³-hybridized carbons (Fsp3) is 0.190. The number of carbonyl (C=O) groups is 2. The number of para-hydroxylation sites is 1. The van der Waals surface area contributed by atoms with Crippen molar-refractivity contribution in [2.24, 2.45) is 0 Å². The molecule has 132 valence electrons. The largest absolute Gasteiger partial charge is 0.349 e. The molecule has 0 aliphatic carbocycles. The van der Waals surface area contributed by atoms with Crippen molar-refractivity contribution in [3.05, 3.63) is 71.9 Å². The Morgan fingerprint density at radius 3 is 2.54 bits per heavy atom. The number of amides is 2. The van der Waals surface area contributed by atoms with E-state index in [4.69, 9.17) is 0 Å². The highest BCUT2D eigenvalue weighted by molar-refractivity contribution is 5.93. The van der Waals surface area contributed by atoms with Crippen LogP contribution in [0.1, 0.15) is 30.5 Å². The molecule has 0 radical (unpaired) electrons. The maximum absolute atomic E-state index is 12.5. The van der Waals surface area contributed by atoms with Crippen LogP contribution in [0.2, 0.25) is 0 Å². The SMILES string of the molecule is CC(=O)NC(CC(=O)Nc1cnc2ccccc2c1)c1ccc(C)cc1. The standard InChI is InChI=1S/C21H21N3O2/c1-14-7-9-16(10-8-14)20(23-15(2)25)12-21(26)24-18-11-17-5-3-4-6-19(17)22-13-18/h3-11,13,20H,12H2,1-2H3,(H,23,25)(H,24,26). The Hall–Kier alpha value is -3.21. The average molecular weight is 347 g/mol. The van der Waals surface area contributed by atoms with Gasteiger partial charge in [0.25, 0.3) is 0 Å². The second-order valence-corrected chi connectivity index (χ2v) is 6.33. The first-order valence-electron chi connectivity index (χ1n) is 8.49. The molecule has 1 heterocycles. The third kappa shape index (κ3) is 4.45. The molecular weight excluding hydrogens is 326 g/mol. The molecule has 0 aliphatic heterocycles. The Morgan fingerprint density at radius 1 is 1.08 bits per heavy atom. The van der Waals surface area contributed by atoms with Crippen molar-refractivity contribution in [1.29, 1.82) is 0 Å². The van der Waals surface area contributed by atoms with E-state index < -0.39 is 0 Å². The van der Waals surface area contributed by atoms with Gasteiger partial charge in [0.2, 0.25) is 11.8 Å². The van der Waals surface area contributed by atoms with Gasteiger partial charge in [0.15, 0.2) is 0 Å². The van der Waals surface area contributed by atoms with Gasteiger partial charge in [0.1, 0.15) is 0 Å². The minimum Gasteiger partial charge on any atom is -0.349 e. The molecule has 2 N–H and O–H groups in total. The van der Waals surface area contributed by atoms with Crippen LogP contribution in [0, 0.1) is 6.92 Å². The van der Waals surface area contributed by atoms with Crippen LogP contribution in [0.4, 0.5) is 5.69 Å². The van der Waals surface area contributed by atoms with E-state index in [1.54, 1.807) is 6.20 Å². The Balaban J connectivity index is 1.73. The molecular formula is C21H21N3O2. The van der Waals surface area contributed by atoms with Crippen LogP contribution in [0.3, 0.4) is 0 Å². The van der Waals surface area contributed by atoms with E-state index >= 15 is 0 Å². The van der Waals surface area contributed by atoms with Gasteiger partial charge in [0, 0.05) is 12.3 Å². The third-order valence-corrected chi connectivity index (χ3v) is 4.12. The molecule has 5 heteroatoms. The first-order chi connectivity index (χ1) is 12.5. The number of aryl methyl sites for hydroxylation is 1. The summed E-state index contributed by atoms with van der Waals surface area (Å²) in [6.07, 6.45) is 1.79. The number of benzene rings is 2. The van der Waals surface area contributed by atoms with Gasteiger partial charge in [-0.1, -0.05) is 48.0 Å². The van der Waals surface area contributed by atoms with Crippen LogP contribution in [0.25, 0.3) is 10.9 Å². The number of hydrogen-bond acceptors (Lipinski definition) is 3. The normalized spacial score (nSPS) is 11.8. The zero-order valence-corrected chi connectivity index (χ0v) is 14.8. The number of carbonyl (C=O) groups excluding carboxylic acids is 2. The van der Waals surface area contributed by atoms with Crippen LogP contribution in [-0.2, 0) is 9.59 Å². The molecule has 26 heavy (non-hydrogen) atoms. The van der Waals surface area contributed by atoms with Gasteiger partial charge in [-0.15, -0.1) is 0 Å². The van der Waals surface area contributed by atoms with Gasteiger partial charge < -0.3 is 10.6 Å². The molecule has 2 aromatic carbocycles. The molecule has 0 aliphatic rings. The van der Waals surface area contributed by atoms with E-state index in [1.165, 1.54) is 6.92 Å². The zero-order chi connectivity index (χ0) is 18.5. The Kier molecular flexibility index (Phi) is 5.27. The van der Waals surface area contributed by atoms with Gasteiger partial charge in [-0.05, 0) is 24.6 Å². The summed E-state index contributed by atoms with van der Waals surface area (Å²) in [4.78, 5) is 28.4. The van der Waals surface area contributed by atoms with E-state index in [1.807, 2.05) is 61.5 Å². The van der Waals surface area contributed by atoms with Crippen LogP contribution in [-0.4, -0.2) is 16.8 Å². The van der Waals surface area contributed by atoms with E-state index in [2.05, 4.69) is 15.6 Å². The van der Waals surface area contributed by atoms with E-state index in [9.17, 15) is 9.59 Å². The summed E-state index contributed by atoms with van der Waals surface area (Å²) in [5.74, 6) is -0.350. The number of fused-ring (bicyclic) bond motifs is 1. The Bertz CT molecular complexity index is 935. The van der Waals surface area contributed by atoms with Crippen molar-refractivity contribution >= 4 is 28.4 Å². The van der Waals surface area contributed by atoms with Gasteiger partial charge in [-0.3, -0.25) is 14.6 Å². The quantitative estimate of drug-likeness (QED) is 0.738. The Labute approximate surface area is 152 Å². The summed E-state index contributed by atoms with van der Waals surface area (Å²) in [5, 5.41) is 6.67. The van der Waals surface area contributed by atoms with Crippen molar-refractivity contribution in [1.82, 2.24) is 10.3 Å². The minimum atomic E-state index is -0.374. The predicted molar refractivity (Wildman–Crippen MR) is 103 cm³/mol. The lowest BCUT2D eigenvalue weighted by molar-refractivity contribution is -0.120. The second-order valence-electron chi connectivity index (χ2n) is 6.33. The molecule has 1 atom stereocenters. The smallest absolute Gasteiger partial charge is 0.226 e. The highest BCUT2D eigenvalue weighted by Crippen LogP contribution is 2.20. The fourth-order valence-corrected chi connectivity index (χ4v) is 2.83. The fourth-order valence-electron chi connectivity index (χ4n) is 2.83. The molecule has 0 fully saturated rings. The Morgan fingerprint density at radius 2 is 1.81 bits per heavy atom. The van der Waals surface area contributed by atoms with Gasteiger partial charge >= 0.3 is 0 Å². The summed E-state index contributed by atoms with van der Waals surface area (Å²) in [6, 6.07) is 17.0. The highest BCUT2D eigenvalue weighted by Gasteiger charge is 2.17. The lowest BCUT2D eigenvalue weighted by atomic mass is 10.0. The molecule has 0 bridgehead atoms. The van der Waals surface area contributed by atoms with Crippen molar-refractivity contribution in [3.8, 4) is 0 Å². The summed E-state index contributed by atoms with van der Waals surface area (Å²) in [5.41, 5.74) is 3.54. The first-order valence-corrected chi connectivity index (χ1v) is 8.49. The summed E-state index contributed by atoms with van der Waals surface area (Å²) in [7, 11) is 0. The maximum Gasteiger partial charge on any atom is 0.226 e. The molecule has 0 spiro atoms. The summed E-state index contributed by atoms with van der Waals surface area (Å²) in [6.45, 7) is 3.45. The maximum atomic E-state index is 12.5. The number of nitrogens with zero attached hydrogens (tertiary/aromatic N) is 1. The number of pyridine rings is 1. The molecule has 2 amide bonds. The van der Waals surface area contributed by atoms with Crippen LogP contribution >= 0.6 is 0 Å². The van der Waals surface area contributed by atoms with Crippen molar-refractivity contribution in [2.75, 3.05) is 5.32 Å². The first kappa shape index (κ1) is 17.6. The zero-order valence-electron chi connectivity index (χ0n) is 14.8. The number of aromatic nitrogens is 1. The van der Waals surface area contributed by atoms with E-state index in [-0.39, 0.29) is 24.3 Å². The monoisotopic (exact) mass is 347 g/mol. The molecule has 1 unspecified atom stereocenters. The van der Waals surface area contributed by atoms with Crippen molar-refractivity contribution in [2.45, 2.75) is 26.3 Å².